The third-order valence-corrected chi connectivity index (χ3v) is 4.74. The lowest BCUT2D eigenvalue weighted by atomic mass is 10.1. The zero-order chi connectivity index (χ0) is 15.8. The number of piperazine rings is 1. The highest BCUT2D eigenvalue weighted by molar-refractivity contribution is 7.09. The summed E-state index contributed by atoms with van der Waals surface area (Å²) in [4.78, 5) is 28.7. The molecule has 6 heteroatoms. The lowest BCUT2D eigenvalue weighted by Crippen LogP contribution is -2.50. The van der Waals surface area contributed by atoms with Crippen LogP contribution in [0.1, 0.15) is 31.1 Å². The molecule has 0 radical (unpaired) electrons. The summed E-state index contributed by atoms with van der Waals surface area (Å²) < 4.78 is 4.98. The monoisotopic (exact) mass is 324 g/mol. The molecular formula is C16H24N2O3S. The summed E-state index contributed by atoms with van der Waals surface area (Å²) in [6.07, 6.45) is 3.36. The normalized spacial score (nSPS) is 15.0. The van der Waals surface area contributed by atoms with Crippen LogP contribution in [0.2, 0.25) is 0 Å². The number of amides is 2. The Hall–Kier alpha value is -1.56. The van der Waals surface area contributed by atoms with Crippen LogP contribution in [-0.2, 0) is 16.0 Å². The van der Waals surface area contributed by atoms with E-state index in [1.807, 2.05) is 4.90 Å². The lowest BCUT2D eigenvalue weighted by molar-refractivity contribution is -0.132. The molecule has 1 saturated heterocycles. The van der Waals surface area contributed by atoms with E-state index in [1.54, 1.807) is 23.2 Å². The van der Waals surface area contributed by atoms with Gasteiger partial charge in [0.05, 0.1) is 6.61 Å². The van der Waals surface area contributed by atoms with Gasteiger partial charge in [0.15, 0.2) is 0 Å². The fourth-order valence-corrected chi connectivity index (χ4v) is 3.29. The Kier molecular flexibility index (Phi) is 6.71. The van der Waals surface area contributed by atoms with E-state index in [0.29, 0.717) is 39.2 Å². The third-order valence-electron chi connectivity index (χ3n) is 3.80. The maximum absolute atomic E-state index is 12.2. The van der Waals surface area contributed by atoms with Crippen LogP contribution >= 0.6 is 11.3 Å². The van der Waals surface area contributed by atoms with E-state index in [0.717, 1.165) is 19.3 Å². The number of hydrogen-bond donors (Lipinski definition) is 0. The highest BCUT2D eigenvalue weighted by Gasteiger charge is 2.24. The van der Waals surface area contributed by atoms with Crippen molar-refractivity contribution in [1.82, 2.24) is 9.80 Å². The van der Waals surface area contributed by atoms with E-state index in [9.17, 15) is 9.59 Å². The molecule has 0 N–H and O–H groups in total. The Labute approximate surface area is 135 Å². The average molecular weight is 324 g/mol. The molecule has 2 amide bonds. The fourth-order valence-electron chi connectivity index (χ4n) is 2.54. The molecule has 1 fully saturated rings. The Morgan fingerprint density at radius 3 is 2.55 bits per heavy atom. The van der Waals surface area contributed by atoms with Gasteiger partial charge in [-0.25, -0.2) is 4.79 Å². The smallest absolute Gasteiger partial charge is 0.409 e. The molecule has 1 aromatic heterocycles. The van der Waals surface area contributed by atoms with Crippen molar-refractivity contribution >= 4 is 23.3 Å². The summed E-state index contributed by atoms with van der Waals surface area (Å²) in [7, 11) is 0. The zero-order valence-corrected chi connectivity index (χ0v) is 13.9. The van der Waals surface area contributed by atoms with Gasteiger partial charge in [-0.2, -0.15) is 0 Å². The Morgan fingerprint density at radius 1 is 1.18 bits per heavy atom. The molecule has 0 saturated carbocycles. The van der Waals surface area contributed by atoms with Crippen LogP contribution in [0.5, 0.6) is 0 Å². The SMILES string of the molecule is CCOC(=O)N1CCN(C(=O)CCCCc2cccs2)CC1. The molecule has 0 aromatic carbocycles. The van der Waals surface area contributed by atoms with Crippen LogP contribution in [-0.4, -0.2) is 54.6 Å². The van der Waals surface area contributed by atoms with Gasteiger partial charge in [-0.15, -0.1) is 11.3 Å². The Bertz CT molecular complexity index is 468. The van der Waals surface area contributed by atoms with Gasteiger partial charge in [0.2, 0.25) is 5.91 Å². The van der Waals surface area contributed by atoms with Gasteiger partial charge in [-0.1, -0.05) is 6.07 Å². The summed E-state index contributed by atoms with van der Waals surface area (Å²) in [5, 5.41) is 2.09. The summed E-state index contributed by atoms with van der Waals surface area (Å²) >= 11 is 1.77. The second kappa shape index (κ2) is 8.78. The second-order valence-electron chi connectivity index (χ2n) is 5.35. The predicted octanol–water partition coefficient (Wildman–Crippen LogP) is 2.76. The van der Waals surface area contributed by atoms with E-state index >= 15 is 0 Å². The standard InChI is InChI=1S/C16H24N2O3S/c1-2-21-16(20)18-11-9-17(10-12-18)15(19)8-4-3-6-14-7-5-13-22-14/h5,7,13H,2-4,6,8-12H2,1H3. The molecule has 122 valence electrons. The van der Waals surface area contributed by atoms with Crippen LogP contribution in [0.25, 0.3) is 0 Å². The third kappa shape index (κ3) is 5.02. The first kappa shape index (κ1) is 16.8. The molecule has 5 nitrogen and oxygen atoms in total. The molecule has 2 heterocycles. The highest BCUT2D eigenvalue weighted by atomic mass is 32.1. The molecule has 22 heavy (non-hydrogen) atoms. The minimum absolute atomic E-state index is 0.203. The van der Waals surface area contributed by atoms with Crippen LogP contribution < -0.4 is 0 Å². The van der Waals surface area contributed by atoms with Gasteiger partial charge < -0.3 is 14.5 Å². The van der Waals surface area contributed by atoms with Gasteiger partial charge in [-0.3, -0.25) is 4.79 Å². The molecule has 0 aliphatic carbocycles. The van der Waals surface area contributed by atoms with Gasteiger partial charge >= 0.3 is 6.09 Å². The number of nitrogens with zero attached hydrogens (tertiary/aromatic N) is 2. The number of rotatable bonds is 6. The van der Waals surface area contributed by atoms with Crippen LogP contribution in [0.3, 0.4) is 0 Å². The summed E-state index contributed by atoms with van der Waals surface area (Å²) in [5.41, 5.74) is 0. The average Bonchev–Trinajstić information content (AvgIpc) is 3.05. The molecule has 0 bridgehead atoms. The number of carbonyl (C=O) groups is 2. The summed E-state index contributed by atoms with van der Waals surface area (Å²) in [6, 6.07) is 4.20. The Balaban J connectivity index is 1.61. The van der Waals surface area contributed by atoms with E-state index in [-0.39, 0.29) is 12.0 Å². The van der Waals surface area contributed by atoms with Crippen molar-refractivity contribution in [1.29, 1.82) is 0 Å². The summed E-state index contributed by atoms with van der Waals surface area (Å²) in [6.45, 7) is 4.56. The van der Waals surface area contributed by atoms with Gasteiger partial charge in [0, 0.05) is 37.5 Å². The number of carbonyl (C=O) groups excluding carboxylic acids is 2. The summed E-state index contributed by atoms with van der Waals surface area (Å²) in [5.74, 6) is 0.203. The minimum atomic E-state index is -0.273. The quantitative estimate of drug-likeness (QED) is 0.756. The molecular weight excluding hydrogens is 300 g/mol. The highest BCUT2D eigenvalue weighted by Crippen LogP contribution is 2.13. The van der Waals surface area contributed by atoms with Crippen molar-refractivity contribution in [3.8, 4) is 0 Å². The van der Waals surface area contributed by atoms with Crippen LogP contribution in [0.15, 0.2) is 17.5 Å². The van der Waals surface area contributed by atoms with Gasteiger partial charge in [-0.05, 0) is 37.6 Å². The van der Waals surface area contributed by atoms with Crippen LogP contribution in [0.4, 0.5) is 4.79 Å². The first-order valence-corrected chi connectivity index (χ1v) is 8.80. The molecule has 1 aliphatic rings. The van der Waals surface area contributed by atoms with Crippen molar-refractivity contribution in [3.63, 3.8) is 0 Å². The molecule has 0 atom stereocenters. The predicted molar refractivity (Wildman–Crippen MR) is 87.0 cm³/mol. The largest absolute Gasteiger partial charge is 0.450 e. The molecule has 1 aromatic rings. The van der Waals surface area contributed by atoms with Gasteiger partial charge in [0.1, 0.15) is 0 Å². The molecule has 1 aliphatic heterocycles. The maximum Gasteiger partial charge on any atom is 0.409 e. The maximum atomic E-state index is 12.2. The van der Waals surface area contributed by atoms with E-state index in [4.69, 9.17) is 4.74 Å². The lowest BCUT2D eigenvalue weighted by Gasteiger charge is -2.34. The van der Waals surface area contributed by atoms with Crippen molar-refractivity contribution in [3.05, 3.63) is 22.4 Å². The number of ether oxygens (including phenoxy) is 1. The molecule has 0 unspecified atom stereocenters. The van der Waals surface area contributed by atoms with Crippen molar-refractivity contribution in [2.75, 3.05) is 32.8 Å². The number of hydrogen-bond acceptors (Lipinski definition) is 4. The first-order valence-electron chi connectivity index (χ1n) is 7.92. The number of unbranched alkanes of at least 4 members (excludes halogenated alkanes) is 1. The number of thiophene rings is 1. The van der Waals surface area contributed by atoms with E-state index in [2.05, 4.69) is 17.5 Å². The van der Waals surface area contributed by atoms with Crippen molar-refractivity contribution in [2.24, 2.45) is 0 Å². The molecule has 0 spiro atoms. The minimum Gasteiger partial charge on any atom is -0.450 e. The molecule has 2 rings (SSSR count). The fraction of sp³-hybridized carbons (Fsp3) is 0.625. The Morgan fingerprint density at radius 2 is 1.91 bits per heavy atom. The number of aryl methyl sites for hydroxylation is 1. The van der Waals surface area contributed by atoms with E-state index < -0.39 is 0 Å². The van der Waals surface area contributed by atoms with Crippen LogP contribution in [0, 0.1) is 0 Å². The zero-order valence-electron chi connectivity index (χ0n) is 13.1. The second-order valence-corrected chi connectivity index (χ2v) is 6.39. The first-order chi connectivity index (χ1) is 10.7. The van der Waals surface area contributed by atoms with Crippen molar-refractivity contribution < 1.29 is 14.3 Å². The topological polar surface area (TPSA) is 49.9 Å². The van der Waals surface area contributed by atoms with Crippen molar-refractivity contribution in [2.45, 2.75) is 32.6 Å². The van der Waals surface area contributed by atoms with Gasteiger partial charge in [0.25, 0.3) is 0 Å². The van der Waals surface area contributed by atoms with E-state index in [1.165, 1.54) is 4.88 Å².